The fraction of sp³-hybridized carbons (Fsp3) is 0.611. The Morgan fingerprint density at radius 1 is 1.08 bits per heavy atom. The zero-order valence-electron chi connectivity index (χ0n) is 14.1. The maximum atomic E-state index is 13.3. The Labute approximate surface area is 147 Å². The summed E-state index contributed by atoms with van der Waals surface area (Å²) in [6.45, 7) is 1.37. The van der Waals surface area contributed by atoms with Crippen molar-refractivity contribution in [1.82, 2.24) is 9.21 Å². The van der Waals surface area contributed by atoms with Gasteiger partial charge < -0.3 is 4.90 Å². The minimum atomic E-state index is -3.71. The van der Waals surface area contributed by atoms with Gasteiger partial charge in [-0.25, -0.2) is 12.8 Å². The minimum absolute atomic E-state index is 0.0274. The molecule has 7 heteroatoms. The van der Waals surface area contributed by atoms with Gasteiger partial charge in [0.2, 0.25) is 15.9 Å². The first-order chi connectivity index (χ1) is 11.9. The van der Waals surface area contributed by atoms with Gasteiger partial charge in [-0.15, -0.1) is 0 Å². The monoisotopic (exact) mass is 366 g/mol. The molecule has 1 aromatic carbocycles. The molecule has 1 heterocycles. The highest BCUT2D eigenvalue weighted by atomic mass is 32.2. The van der Waals surface area contributed by atoms with Gasteiger partial charge in [-0.3, -0.25) is 4.79 Å². The van der Waals surface area contributed by atoms with Gasteiger partial charge in [-0.2, -0.15) is 4.31 Å². The number of fused-ring (bicyclic) bond motifs is 2. The third-order valence-electron chi connectivity index (χ3n) is 6.04. The molecular weight excluding hydrogens is 343 g/mol. The van der Waals surface area contributed by atoms with E-state index in [1.165, 1.54) is 35.3 Å². The molecule has 2 aliphatic carbocycles. The Balaban J connectivity index is 1.40. The van der Waals surface area contributed by atoms with Crippen LogP contribution in [0.5, 0.6) is 0 Å². The van der Waals surface area contributed by atoms with E-state index in [0.29, 0.717) is 24.9 Å². The van der Waals surface area contributed by atoms with Gasteiger partial charge in [0.1, 0.15) is 5.82 Å². The molecule has 136 valence electrons. The van der Waals surface area contributed by atoms with Crippen molar-refractivity contribution < 1.29 is 17.6 Å². The number of carbonyl (C=O) groups excluding carboxylic acids is 1. The molecule has 2 bridgehead atoms. The second-order valence-corrected chi connectivity index (χ2v) is 9.41. The number of nitrogens with zero attached hydrogens (tertiary/aromatic N) is 2. The number of hydrogen-bond acceptors (Lipinski definition) is 3. The highest BCUT2D eigenvalue weighted by molar-refractivity contribution is 7.89. The van der Waals surface area contributed by atoms with Crippen molar-refractivity contribution in [3.05, 3.63) is 30.1 Å². The largest absolute Gasteiger partial charge is 0.340 e. The summed E-state index contributed by atoms with van der Waals surface area (Å²) in [5.41, 5.74) is 0. The van der Waals surface area contributed by atoms with Crippen LogP contribution in [-0.4, -0.2) is 49.7 Å². The molecule has 1 aromatic rings. The van der Waals surface area contributed by atoms with Gasteiger partial charge in [0.15, 0.2) is 0 Å². The Bertz CT molecular complexity index is 774. The normalized spacial score (nSPS) is 30.0. The van der Waals surface area contributed by atoms with Crippen LogP contribution in [0.1, 0.15) is 25.7 Å². The van der Waals surface area contributed by atoms with Gasteiger partial charge in [0.05, 0.1) is 4.90 Å². The summed E-state index contributed by atoms with van der Waals surface area (Å²) in [6, 6.07) is 5.08. The van der Waals surface area contributed by atoms with Gasteiger partial charge >= 0.3 is 0 Å². The van der Waals surface area contributed by atoms with Crippen molar-refractivity contribution in [3.8, 4) is 0 Å². The molecule has 1 aliphatic heterocycles. The molecular formula is C18H23FN2O3S. The number of halogens is 1. The number of hydrogen-bond donors (Lipinski definition) is 0. The minimum Gasteiger partial charge on any atom is -0.340 e. The van der Waals surface area contributed by atoms with E-state index in [-0.39, 0.29) is 29.8 Å². The van der Waals surface area contributed by atoms with E-state index < -0.39 is 15.8 Å². The predicted octanol–water partition coefficient (Wildman–Crippen LogP) is 2.09. The summed E-state index contributed by atoms with van der Waals surface area (Å²) < 4.78 is 40.0. The second kappa shape index (κ2) is 6.36. The lowest BCUT2D eigenvalue weighted by Gasteiger charge is -2.36. The van der Waals surface area contributed by atoms with Crippen LogP contribution in [0.25, 0.3) is 0 Å². The highest BCUT2D eigenvalue weighted by Crippen LogP contribution is 2.48. The summed E-state index contributed by atoms with van der Waals surface area (Å²) in [5.74, 6) is 1.03. The second-order valence-electron chi connectivity index (χ2n) is 7.47. The zero-order valence-corrected chi connectivity index (χ0v) is 14.9. The van der Waals surface area contributed by atoms with Gasteiger partial charge in [0.25, 0.3) is 0 Å². The van der Waals surface area contributed by atoms with Gasteiger partial charge in [-0.05, 0) is 49.3 Å². The Kier molecular flexibility index (Phi) is 4.32. The van der Waals surface area contributed by atoms with E-state index in [0.717, 1.165) is 18.9 Å². The summed E-state index contributed by atoms with van der Waals surface area (Å²) in [7, 11) is -3.71. The van der Waals surface area contributed by atoms with E-state index in [4.69, 9.17) is 0 Å². The summed E-state index contributed by atoms with van der Waals surface area (Å²) in [4.78, 5) is 14.6. The number of carbonyl (C=O) groups is 1. The van der Waals surface area contributed by atoms with Crippen LogP contribution in [0.4, 0.5) is 4.39 Å². The average molecular weight is 366 g/mol. The fourth-order valence-electron chi connectivity index (χ4n) is 4.71. The summed E-state index contributed by atoms with van der Waals surface area (Å²) in [5, 5.41) is 0. The molecule has 4 rings (SSSR count). The molecule has 3 fully saturated rings. The first-order valence-corrected chi connectivity index (χ1v) is 10.4. The van der Waals surface area contributed by atoms with Crippen LogP contribution in [0.15, 0.2) is 29.2 Å². The molecule has 1 amide bonds. The smallest absolute Gasteiger partial charge is 0.243 e. The Hall–Kier alpha value is -1.47. The molecule has 0 spiro atoms. The van der Waals surface area contributed by atoms with E-state index in [9.17, 15) is 17.6 Å². The molecule has 0 unspecified atom stereocenters. The highest BCUT2D eigenvalue weighted by Gasteiger charge is 2.45. The van der Waals surface area contributed by atoms with Gasteiger partial charge in [-0.1, -0.05) is 12.5 Å². The summed E-state index contributed by atoms with van der Waals surface area (Å²) in [6.07, 6.45) is 4.61. The molecule has 0 aromatic heterocycles. The van der Waals surface area contributed by atoms with Crippen molar-refractivity contribution in [3.63, 3.8) is 0 Å². The van der Waals surface area contributed by atoms with E-state index in [1.807, 2.05) is 4.90 Å². The van der Waals surface area contributed by atoms with Crippen molar-refractivity contribution in [2.45, 2.75) is 30.6 Å². The van der Waals surface area contributed by atoms with Crippen LogP contribution in [0.3, 0.4) is 0 Å². The SMILES string of the molecule is O=C([C@@H]1C[C@H]2CC[C@H]1C2)N1CCN(S(=O)(=O)c2cccc(F)c2)CC1. The first kappa shape index (κ1) is 17.0. The van der Waals surface area contributed by atoms with E-state index >= 15 is 0 Å². The van der Waals surface area contributed by atoms with Crippen LogP contribution in [0, 0.1) is 23.6 Å². The third kappa shape index (κ3) is 3.08. The number of rotatable bonds is 3. The Morgan fingerprint density at radius 2 is 1.84 bits per heavy atom. The number of amides is 1. The van der Waals surface area contributed by atoms with Crippen LogP contribution >= 0.6 is 0 Å². The first-order valence-electron chi connectivity index (χ1n) is 8.99. The molecule has 3 atom stereocenters. The van der Waals surface area contributed by atoms with Crippen LogP contribution in [0.2, 0.25) is 0 Å². The average Bonchev–Trinajstić information content (AvgIpc) is 3.24. The van der Waals surface area contributed by atoms with Crippen molar-refractivity contribution in [2.24, 2.45) is 17.8 Å². The fourth-order valence-corrected chi connectivity index (χ4v) is 6.16. The molecule has 25 heavy (non-hydrogen) atoms. The topological polar surface area (TPSA) is 57.7 Å². The molecule has 5 nitrogen and oxygen atoms in total. The maximum absolute atomic E-state index is 13.3. The van der Waals surface area contributed by atoms with Crippen LogP contribution in [-0.2, 0) is 14.8 Å². The predicted molar refractivity (Wildman–Crippen MR) is 90.7 cm³/mol. The lowest BCUT2D eigenvalue weighted by Crippen LogP contribution is -2.52. The molecule has 1 saturated heterocycles. The summed E-state index contributed by atoms with van der Waals surface area (Å²) >= 11 is 0. The Morgan fingerprint density at radius 3 is 2.44 bits per heavy atom. The standard InChI is InChI=1S/C18H23FN2O3S/c19-15-2-1-3-16(12-15)25(23,24)21-8-6-20(7-9-21)18(22)17-11-13-4-5-14(17)10-13/h1-3,12-14,17H,4-11H2/t13-,14-,17+/m0/s1. The van der Waals surface area contributed by atoms with Gasteiger partial charge in [0, 0.05) is 32.1 Å². The number of benzene rings is 1. The lowest BCUT2D eigenvalue weighted by molar-refractivity contribution is -0.138. The van der Waals surface area contributed by atoms with Crippen molar-refractivity contribution >= 4 is 15.9 Å². The lowest BCUT2D eigenvalue weighted by atomic mass is 9.87. The molecule has 0 radical (unpaired) electrons. The van der Waals surface area contributed by atoms with Crippen molar-refractivity contribution in [1.29, 1.82) is 0 Å². The van der Waals surface area contributed by atoms with E-state index in [1.54, 1.807) is 0 Å². The zero-order chi connectivity index (χ0) is 17.6. The molecule has 2 saturated carbocycles. The molecule has 0 N–H and O–H groups in total. The van der Waals surface area contributed by atoms with E-state index in [2.05, 4.69) is 0 Å². The number of piperazine rings is 1. The quantitative estimate of drug-likeness (QED) is 0.823. The van der Waals surface area contributed by atoms with Crippen molar-refractivity contribution in [2.75, 3.05) is 26.2 Å². The maximum Gasteiger partial charge on any atom is 0.243 e. The van der Waals surface area contributed by atoms with Crippen LogP contribution < -0.4 is 0 Å². The molecule has 3 aliphatic rings. The number of sulfonamides is 1. The third-order valence-corrected chi connectivity index (χ3v) is 7.93.